The number of likely N-dealkylation sites (tertiary alicyclic amines) is 1. The summed E-state index contributed by atoms with van der Waals surface area (Å²) in [7, 11) is 0. The molecule has 1 fully saturated rings. The van der Waals surface area contributed by atoms with Gasteiger partial charge in [0, 0.05) is 25.8 Å². The van der Waals surface area contributed by atoms with Gasteiger partial charge in [0.1, 0.15) is 0 Å². The van der Waals surface area contributed by atoms with E-state index in [0.29, 0.717) is 12.3 Å². The first-order chi connectivity index (χ1) is 8.93. The Bertz CT molecular complexity index is 339. The average Bonchev–Trinajstić information content (AvgIpc) is 2.65. The number of imide groups is 1. The zero-order valence-corrected chi connectivity index (χ0v) is 11.5. The maximum atomic E-state index is 11.7. The molecule has 0 saturated carbocycles. The maximum Gasteiger partial charge on any atom is 0.229 e. The molecule has 1 heterocycles. The summed E-state index contributed by atoms with van der Waals surface area (Å²) in [5, 5.41) is 11.9. The van der Waals surface area contributed by atoms with E-state index in [1.807, 2.05) is 13.8 Å². The van der Waals surface area contributed by atoms with Crippen LogP contribution in [0, 0.1) is 5.92 Å². The van der Waals surface area contributed by atoms with Crippen LogP contribution in [0.15, 0.2) is 0 Å². The van der Waals surface area contributed by atoms with Crippen LogP contribution in [0.25, 0.3) is 0 Å². The largest absolute Gasteiger partial charge is 0.394 e. The summed E-state index contributed by atoms with van der Waals surface area (Å²) in [6.45, 7) is 4.04. The van der Waals surface area contributed by atoms with Gasteiger partial charge in [-0.05, 0) is 12.3 Å². The third-order valence-electron chi connectivity index (χ3n) is 3.06. The van der Waals surface area contributed by atoms with Crippen molar-refractivity contribution < 1.29 is 19.5 Å². The number of aliphatic hydroxyl groups is 1. The van der Waals surface area contributed by atoms with Crippen molar-refractivity contribution in [1.29, 1.82) is 0 Å². The minimum Gasteiger partial charge on any atom is -0.394 e. The highest BCUT2D eigenvalue weighted by Crippen LogP contribution is 2.12. The minimum absolute atomic E-state index is 0.0894. The number of rotatable bonds is 7. The molecule has 1 unspecified atom stereocenters. The zero-order chi connectivity index (χ0) is 14.4. The van der Waals surface area contributed by atoms with E-state index in [1.54, 1.807) is 0 Å². The third-order valence-corrected chi connectivity index (χ3v) is 3.06. The van der Waals surface area contributed by atoms with Gasteiger partial charge in [0.25, 0.3) is 0 Å². The van der Waals surface area contributed by atoms with E-state index in [0.717, 1.165) is 4.90 Å². The lowest BCUT2D eigenvalue weighted by atomic mass is 10.0. The maximum absolute atomic E-state index is 11.7. The molecule has 6 heteroatoms. The first kappa shape index (κ1) is 15.6. The fourth-order valence-corrected chi connectivity index (χ4v) is 2.13. The first-order valence-corrected chi connectivity index (χ1v) is 6.67. The fourth-order valence-electron chi connectivity index (χ4n) is 2.13. The van der Waals surface area contributed by atoms with Crippen molar-refractivity contribution in [3.63, 3.8) is 0 Å². The molecule has 1 rings (SSSR count). The fraction of sp³-hybridized carbons (Fsp3) is 0.769. The lowest BCUT2D eigenvalue weighted by Gasteiger charge is -2.19. The molecule has 6 nitrogen and oxygen atoms in total. The Labute approximate surface area is 113 Å². The van der Waals surface area contributed by atoms with Gasteiger partial charge in [0.2, 0.25) is 17.7 Å². The van der Waals surface area contributed by atoms with E-state index in [-0.39, 0.29) is 56.2 Å². The molecule has 0 aliphatic carbocycles. The lowest BCUT2D eigenvalue weighted by molar-refractivity contribution is -0.138. The lowest BCUT2D eigenvalue weighted by Crippen LogP contribution is -2.40. The molecule has 3 amide bonds. The van der Waals surface area contributed by atoms with E-state index < -0.39 is 0 Å². The van der Waals surface area contributed by atoms with Crippen LogP contribution < -0.4 is 5.32 Å². The highest BCUT2D eigenvalue weighted by atomic mass is 16.3. The molecule has 2 N–H and O–H groups in total. The van der Waals surface area contributed by atoms with Crippen molar-refractivity contribution in [3.05, 3.63) is 0 Å². The molecule has 108 valence electrons. The number of nitrogens with one attached hydrogen (secondary N) is 1. The molecule has 0 aromatic carbocycles. The van der Waals surface area contributed by atoms with Gasteiger partial charge >= 0.3 is 0 Å². The van der Waals surface area contributed by atoms with Crippen molar-refractivity contribution in [2.24, 2.45) is 5.92 Å². The molecule has 0 aromatic rings. The highest BCUT2D eigenvalue weighted by Gasteiger charge is 2.28. The molecule has 1 aliphatic heterocycles. The number of aliphatic hydroxyl groups excluding tert-OH is 1. The minimum atomic E-state index is -0.266. The molecule has 0 radical (unpaired) electrons. The molecule has 0 aromatic heterocycles. The molecular formula is C13H22N2O4. The van der Waals surface area contributed by atoms with Crippen molar-refractivity contribution >= 4 is 17.7 Å². The Hall–Kier alpha value is -1.43. The second-order valence-corrected chi connectivity index (χ2v) is 5.27. The number of carbonyl (C=O) groups is 3. The van der Waals surface area contributed by atoms with Gasteiger partial charge in [-0.2, -0.15) is 0 Å². The summed E-state index contributed by atoms with van der Waals surface area (Å²) in [5.74, 6) is -0.288. The predicted octanol–water partition coefficient (Wildman–Crippen LogP) is 0.0487. The Morgan fingerprint density at radius 1 is 1.32 bits per heavy atom. The number of amides is 3. The number of nitrogens with zero attached hydrogens (tertiary/aromatic N) is 1. The van der Waals surface area contributed by atoms with Crippen LogP contribution in [0.3, 0.4) is 0 Å². The SMILES string of the molecule is CC(C)CC(CO)NC(=O)CCN1C(=O)CCC1=O. The number of hydrogen-bond donors (Lipinski definition) is 2. The quantitative estimate of drug-likeness (QED) is 0.640. The van der Waals surface area contributed by atoms with E-state index in [9.17, 15) is 14.4 Å². The summed E-state index contributed by atoms with van der Waals surface area (Å²) in [6, 6.07) is -0.266. The average molecular weight is 270 g/mol. The second kappa shape index (κ2) is 7.23. The molecule has 1 atom stereocenters. The van der Waals surface area contributed by atoms with Gasteiger partial charge in [0.15, 0.2) is 0 Å². The summed E-state index contributed by atoms with van der Waals surface area (Å²) >= 11 is 0. The molecule has 19 heavy (non-hydrogen) atoms. The topological polar surface area (TPSA) is 86.7 Å². The second-order valence-electron chi connectivity index (χ2n) is 5.27. The molecule has 1 saturated heterocycles. The van der Waals surface area contributed by atoms with Gasteiger partial charge in [-0.3, -0.25) is 19.3 Å². The summed E-state index contributed by atoms with van der Waals surface area (Å²) in [4.78, 5) is 35.5. The first-order valence-electron chi connectivity index (χ1n) is 6.67. The molecular weight excluding hydrogens is 248 g/mol. The highest BCUT2D eigenvalue weighted by molar-refractivity contribution is 6.02. The molecule has 0 spiro atoms. The van der Waals surface area contributed by atoms with Crippen LogP contribution in [0.2, 0.25) is 0 Å². The molecule has 1 aliphatic rings. The van der Waals surface area contributed by atoms with Crippen LogP contribution >= 0.6 is 0 Å². The van der Waals surface area contributed by atoms with Crippen LogP contribution in [-0.2, 0) is 14.4 Å². The van der Waals surface area contributed by atoms with Crippen LogP contribution in [0.4, 0.5) is 0 Å². The van der Waals surface area contributed by atoms with Gasteiger partial charge < -0.3 is 10.4 Å². The Morgan fingerprint density at radius 2 is 1.89 bits per heavy atom. The van der Waals surface area contributed by atoms with Crippen molar-refractivity contribution in [2.45, 2.75) is 45.6 Å². The smallest absolute Gasteiger partial charge is 0.229 e. The Balaban J connectivity index is 2.34. The van der Waals surface area contributed by atoms with Gasteiger partial charge in [-0.1, -0.05) is 13.8 Å². The number of hydrogen-bond acceptors (Lipinski definition) is 4. The summed E-state index contributed by atoms with van der Waals surface area (Å²) in [6.07, 6.45) is 1.27. The monoisotopic (exact) mass is 270 g/mol. The van der Waals surface area contributed by atoms with Gasteiger partial charge in [0.05, 0.1) is 12.6 Å². The van der Waals surface area contributed by atoms with Crippen LogP contribution in [-0.4, -0.2) is 46.9 Å². The van der Waals surface area contributed by atoms with E-state index in [1.165, 1.54) is 0 Å². The number of carbonyl (C=O) groups excluding carboxylic acids is 3. The normalized spacial score (nSPS) is 17.2. The molecule has 0 bridgehead atoms. The predicted molar refractivity (Wildman–Crippen MR) is 69.0 cm³/mol. The van der Waals surface area contributed by atoms with Crippen LogP contribution in [0.1, 0.15) is 39.5 Å². The van der Waals surface area contributed by atoms with Crippen molar-refractivity contribution in [2.75, 3.05) is 13.2 Å². The third kappa shape index (κ3) is 4.98. The van der Waals surface area contributed by atoms with Crippen molar-refractivity contribution in [1.82, 2.24) is 10.2 Å². The van der Waals surface area contributed by atoms with E-state index in [4.69, 9.17) is 5.11 Å². The summed E-state index contributed by atoms with van der Waals surface area (Å²) < 4.78 is 0. The zero-order valence-electron chi connectivity index (χ0n) is 11.5. The Morgan fingerprint density at radius 3 is 2.37 bits per heavy atom. The standard InChI is InChI=1S/C13H22N2O4/c1-9(2)7-10(8-16)14-11(17)5-6-15-12(18)3-4-13(15)19/h9-10,16H,3-8H2,1-2H3,(H,14,17). The Kier molecular flexibility index (Phi) is 5.95. The van der Waals surface area contributed by atoms with Gasteiger partial charge in [-0.25, -0.2) is 0 Å². The van der Waals surface area contributed by atoms with E-state index >= 15 is 0 Å². The van der Waals surface area contributed by atoms with E-state index in [2.05, 4.69) is 5.32 Å². The van der Waals surface area contributed by atoms with Gasteiger partial charge in [-0.15, -0.1) is 0 Å². The van der Waals surface area contributed by atoms with Crippen LogP contribution in [0.5, 0.6) is 0 Å². The van der Waals surface area contributed by atoms with Crippen molar-refractivity contribution in [3.8, 4) is 0 Å². The summed E-state index contributed by atoms with van der Waals surface area (Å²) in [5.41, 5.74) is 0.